The molecule has 6 nitrogen and oxygen atoms in total. The fraction of sp³-hybridized carbons (Fsp3) is 0.400. The molecule has 0 atom stereocenters. The molecule has 0 aliphatic carbocycles. The number of nitrogens with one attached hydrogen (secondary N) is 2. The molecule has 0 unspecified atom stereocenters. The topological polar surface area (TPSA) is 67.8 Å². The normalized spacial score (nSPS) is 11.3. The Kier molecular flexibility index (Phi) is 9.06. The summed E-state index contributed by atoms with van der Waals surface area (Å²) in [4.78, 5) is 8.44. The van der Waals surface area contributed by atoms with Crippen molar-refractivity contribution >= 4 is 5.96 Å². The van der Waals surface area contributed by atoms with Crippen molar-refractivity contribution in [3.8, 4) is 11.5 Å². The molecule has 0 bridgehead atoms. The van der Waals surface area contributed by atoms with Gasteiger partial charge in [0.15, 0.2) is 17.5 Å². The molecule has 0 aliphatic heterocycles. The fourth-order valence-electron chi connectivity index (χ4n) is 2.30. The van der Waals surface area contributed by atoms with Crippen LogP contribution in [0.3, 0.4) is 0 Å². The summed E-state index contributed by atoms with van der Waals surface area (Å²) in [6.07, 6.45) is 4.07. The van der Waals surface area contributed by atoms with Gasteiger partial charge in [0.25, 0.3) is 0 Å². The van der Waals surface area contributed by atoms with Crippen LogP contribution in [0.15, 0.2) is 47.7 Å². The number of nitrogens with zero attached hydrogens (tertiary/aromatic N) is 2. The number of benzene rings is 1. The van der Waals surface area contributed by atoms with Gasteiger partial charge in [-0.15, -0.1) is 0 Å². The summed E-state index contributed by atoms with van der Waals surface area (Å²) in [5, 5.41) is 6.42. The second-order valence-corrected chi connectivity index (χ2v) is 5.73. The molecule has 0 amide bonds. The molecule has 0 spiro atoms. The van der Waals surface area contributed by atoms with Crippen LogP contribution in [0.1, 0.15) is 25.8 Å². The van der Waals surface area contributed by atoms with Gasteiger partial charge in [-0.3, -0.25) is 4.98 Å². The lowest BCUT2D eigenvalue weighted by atomic mass is 10.2. The SMILES string of the molecule is CCNC(=NCc1ccc(Oc2cccnc2)c(F)c1)NCCCOCC. The Balaban J connectivity index is 1.92. The van der Waals surface area contributed by atoms with E-state index in [4.69, 9.17) is 9.47 Å². The quantitative estimate of drug-likeness (QED) is 0.379. The van der Waals surface area contributed by atoms with Crippen molar-refractivity contribution in [3.05, 3.63) is 54.1 Å². The highest BCUT2D eigenvalue weighted by Crippen LogP contribution is 2.24. The van der Waals surface area contributed by atoms with E-state index in [1.807, 2.05) is 13.8 Å². The van der Waals surface area contributed by atoms with Crippen molar-refractivity contribution in [1.82, 2.24) is 15.6 Å². The van der Waals surface area contributed by atoms with Gasteiger partial charge in [0.2, 0.25) is 0 Å². The summed E-state index contributed by atoms with van der Waals surface area (Å²) < 4.78 is 25.1. The number of hydrogen-bond acceptors (Lipinski definition) is 4. The number of hydrogen-bond donors (Lipinski definition) is 2. The first kappa shape index (κ1) is 20.6. The molecule has 1 aromatic carbocycles. The van der Waals surface area contributed by atoms with Gasteiger partial charge in [0, 0.05) is 32.5 Å². The summed E-state index contributed by atoms with van der Waals surface area (Å²) in [6, 6.07) is 8.31. The average Bonchev–Trinajstić information content (AvgIpc) is 2.68. The third-order valence-electron chi connectivity index (χ3n) is 3.58. The number of pyridine rings is 1. The Morgan fingerprint density at radius 3 is 2.81 bits per heavy atom. The van der Waals surface area contributed by atoms with Crippen LogP contribution in [0.5, 0.6) is 11.5 Å². The van der Waals surface area contributed by atoms with Gasteiger partial charge in [-0.25, -0.2) is 9.38 Å². The minimum atomic E-state index is -0.429. The van der Waals surface area contributed by atoms with E-state index in [-0.39, 0.29) is 5.75 Å². The van der Waals surface area contributed by atoms with Gasteiger partial charge >= 0.3 is 0 Å². The van der Waals surface area contributed by atoms with Crippen LogP contribution < -0.4 is 15.4 Å². The van der Waals surface area contributed by atoms with Crippen LogP contribution in [0.2, 0.25) is 0 Å². The summed E-state index contributed by atoms with van der Waals surface area (Å²) in [6.45, 7) is 7.30. The van der Waals surface area contributed by atoms with Crippen LogP contribution in [0, 0.1) is 5.82 Å². The molecule has 0 saturated carbocycles. The second-order valence-electron chi connectivity index (χ2n) is 5.73. The van der Waals surface area contributed by atoms with Gasteiger partial charge in [-0.2, -0.15) is 0 Å². The Morgan fingerprint density at radius 1 is 1.22 bits per heavy atom. The van der Waals surface area contributed by atoms with E-state index in [2.05, 4.69) is 20.6 Å². The Bertz CT molecular complexity index is 710. The van der Waals surface area contributed by atoms with E-state index < -0.39 is 5.82 Å². The maximum absolute atomic E-state index is 14.3. The summed E-state index contributed by atoms with van der Waals surface area (Å²) in [5.41, 5.74) is 0.762. The molecule has 1 aromatic heterocycles. The Hall–Kier alpha value is -2.67. The van der Waals surface area contributed by atoms with E-state index >= 15 is 0 Å². The van der Waals surface area contributed by atoms with Crippen molar-refractivity contribution < 1.29 is 13.9 Å². The molecule has 146 valence electrons. The van der Waals surface area contributed by atoms with Crippen LogP contribution in [-0.2, 0) is 11.3 Å². The maximum atomic E-state index is 14.3. The van der Waals surface area contributed by atoms with Crippen LogP contribution >= 0.6 is 0 Å². The number of ether oxygens (including phenoxy) is 2. The molecule has 2 aromatic rings. The minimum absolute atomic E-state index is 0.164. The van der Waals surface area contributed by atoms with E-state index in [0.29, 0.717) is 24.9 Å². The summed E-state index contributed by atoms with van der Waals surface area (Å²) in [5.74, 6) is 0.927. The number of guanidine groups is 1. The zero-order chi connectivity index (χ0) is 19.3. The van der Waals surface area contributed by atoms with Gasteiger partial charge in [0.1, 0.15) is 5.75 Å². The van der Waals surface area contributed by atoms with Crippen molar-refractivity contribution in [2.75, 3.05) is 26.3 Å². The first-order valence-electron chi connectivity index (χ1n) is 9.19. The molecule has 0 radical (unpaired) electrons. The number of rotatable bonds is 10. The van der Waals surface area contributed by atoms with Gasteiger partial charge in [-0.05, 0) is 50.1 Å². The third-order valence-corrected chi connectivity index (χ3v) is 3.58. The molecule has 1 heterocycles. The van der Waals surface area contributed by atoms with E-state index in [9.17, 15) is 4.39 Å². The monoisotopic (exact) mass is 374 g/mol. The molecule has 0 aliphatic rings. The molecule has 2 rings (SSSR count). The molecule has 7 heteroatoms. The van der Waals surface area contributed by atoms with Crippen molar-refractivity contribution in [2.24, 2.45) is 4.99 Å². The van der Waals surface area contributed by atoms with Gasteiger partial charge in [-0.1, -0.05) is 6.07 Å². The first-order valence-corrected chi connectivity index (χ1v) is 9.19. The number of aliphatic imine (C=N–C) groups is 1. The molecular weight excluding hydrogens is 347 g/mol. The maximum Gasteiger partial charge on any atom is 0.191 e. The number of halogens is 1. The molecule has 0 saturated heterocycles. The highest BCUT2D eigenvalue weighted by molar-refractivity contribution is 5.79. The average molecular weight is 374 g/mol. The largest absolute Gasteiger partial charge is 0.453 e. The second kappa shape index (κ2) is 11.9. The van der Waals surface area contributed by atoms with Crippen LogP contribution in [0.4, 0.5) is 4.39 Å². The van der Waals surface area contributed by atoms with Gasteiger partial charge in [0.05, 0.1) is 12.7 Å². The zero-order valence-electron chi connectivity index (χ0n) is 15.9. The highest BCUT2D eigenvalue weighted by Gasteiger charge is 2.06. The molecular formula is C20H27FN4O2. The lowest BCUT2D eigenvalue weighted by molar-refractivity contribution is 0.145. The summed E-state index contributed by atoms with van der Waals surface area (Å²) in [7, 11) is 0. The van der Waals surface area contributed by atoms with Crippen molar-refractivity contribution in [1.29, 1.82) is 0 Å². The molecule has 0 fully saturated rings. The van der Waals surface area contributed by atoms with Gasteiger partial charge < -0.3 is 20.1 Å². The van der Waals surface area contributed by atoms with Crippen LogP contribution in [-0.4, -0.2) is 37.2 Å². The minimum Gasteiger partial charge on any atom is -0.453 e. The Labute approximate surface area is 159 Å². The standard InChI is InChI=1S/C20H27FN4O2/c1-3-23-20(24-11-6-12-26-4-2)25-14-16-8-9-19(18(21)13-16)27-17-7-5-10-22-15-17/h5,7-10,13,15H,3-4,6,11-12,14H2,1-2H3,(H2,23,24,25). The fourth-order valence-corrected chi connectivity index (χ4v) is 2.30. The van der Waals surface area contributed by atoms with E-state index in [1.54, 1.807) is 30.5 Å². The van der Waals surface area contributed by atoms with Crippen LogP contribution in [0.25, 0.3) is 0 Å². The molecule has 2 N–H and O–H groups in total. The third kappa shape index (κ3) is 7.62. The highest BCUT2D eigenvalue weighted by atomic mass is 19.1. The lowest BCUT2D eigenvalue weighted by Crippen LogP contribution is -2.38. The van der Waals surface area contributed by atoms with Crippen molar-refractivity contribution in [2.45, 2.75) is 26.8 Å². The predicted molar refractivity (Wildman–Crippen MR) is 105 cm³/mol. The lowest BCUT2D eigenvalue weighted by Gasteiger charge is -2.11. The Morgan fingerprint density at radius 2 is 2.11 bits per heavy atom. The zero-order valence-corrected chi connectivity index (χ0v) is 15.9. The van der Waals surface area contributed by atoms with Crippen molar-refractivity contribution in [3.63, 3.8) is 0 Å². The number of aromatic nitrogens is 1. The molecule has 27 heavy (non-hydrogen) atoms. The first-order chi connectivity index (χ1) is 13.2. The van der Waals surface area contributed by atoms with E-state index in [0.717, 1.165) is 31.7 Å². The smallest absolute Gasteiger partial charge is 0.191 e. The summed E-state index contributed by atoms with van der Waals surface area (Å²) >= 11 is 0. The van der Waals surface area contributed by atoms with E-state index in [1.165, 1.54) is 12.3 Å². The predicted octanol–water partition coefficient (Wildman–Crippen LogP) is 3.49.